The summed E-state index contributed by atoms with van der Waals surface area (Å²) in [4.78, 5) is 5.41. The maximum absolute atomic E-state index is 10.8. The Labute approximate surface area is 139 Å². The molecule has 0 fully saturated rings. The molecule has 0 bridgehead atoms. The summed E-state index contributed by atoms with van der Waals surface area (Å²) in [5.74, 6) is 0.375. The minimum absolute atomic E-state index is 0.0556. The average Bonchev–Trinajstić information content (AvgIpc) is 2.85. The predicted molar refractivity (Wildman–Crippen MR) is 93.2 cm³/mol. The normalized spacial score (nSPS) is 18.7. The second kappa shape index (κ2) is 6.16. The van der Waals surface area contributed by atoms with Gasteiger partial charge in [0.1, 0.15) is 11.9 Å². The highest BCUT2D eigenvalue weighted by atomic mass is 16.6. The summed E-state index contributed by atoms with van der Waals surface area (Å²) in [5, 5.41) is 24.0. The molecule has 0 aromatic heterocycles. The smallest absolute Gasteiger partial charge is 0.135 e. The molecule has 2 N–H and O–H groups in total. The molecule has 0 saturated heterocycles. The van der Waals surface area contributed by atoms with Gasteiger partial charge >= 0.3 is 0 Å². The van der Waals surface area contributed by atoms with E-state index in [9.17, 15) is 5.11 Å². The lowest BCUT2D eigenvalue weighted by Crippen LogP contribution is -2.19. The second-order valence-electron chi connectivity index (χ2n) is 8.40. The number of phenolic OH excluding ortho intramolecular Hbond substituents is 1. The molecule has 1 unspecified atom stereocenters. The first-order chi connectivity index (χ1) is 10.5. The maximum Gasteiger partial charge on any atom is 0.135 e. The van der Waals surface area contributed by atoms with Crippen molar-refractivity contribution in [3.05, 3.63) is 28.8 Å². The van der Waals surface area contributed by atoms with Gasteiger partial charge in [-0.25, -0.2) is 0 Å². The van der Waals surface area contributed by atoms with E-state index in [1.54, 1.807) is 0 Å². The van der Waals surface area contributed by atoms with Gasteiger partial charge in [0.05, 0.1) is 5.71 Å². The summed E-state index contributed by atoms with van der Waals surface area (Å²) in [6.45, 7) is 12.7. The lowest BCUT2D eigenvalue weighted by atomic mass is 9.78. The number of benzene rings is 1. The minimum Gasteiger partial charge on any atom is -0.507 e. The van der Waals surface area contributed by atoms with Crippen molar-refractivity contribution >= 4 is 5.71 Å². The van der Waals surface area contributed by atoms with E-state index < -0.39 is 0 Å². The van der Waals surface area contributed by atoms with E-state index >= 15 is 0 Å². The number of aliphatic hydroxyl groups excluding tert-OH is 1. The van der Waals surface area contributed by atoms with Crippen molar-refractivity contribution < 1.29 is 15.1 Å². The Hall–Kier alpha value is -1.55. The molecule has 4 nitrogen and oxygen atoms in total. The zero-order valence-electron chi connectivity index (χ0n) is 15.1. The first kappa shape index (κ1) is 17.8. The fourth-order valence-electron chi connectivity index (χ4n) is 2.84. The molecule has 0 aliphatic carbocycles. The lowest BCUT2D eigenvalue weighted by molar-refractivity contribution is 0.0645. The van der Waals surface area contributed by atoms with Gasteiger partial charge in [0.25, 0.3) is 0 Å². The topological polar surface area (TPSA) is 62.0 Å². The van der Waals surface area contributed by atoms with Crippen LogP contribution in [0.4, 0.5) is 0 Å². The molecular formula is C19H29NO3. The molecule has 1 aliphatic rings. The number of hydrogen-bond acceptors (Lipinski definition) is 4. The van der Waals surface area contributed by atoms with E-state index in [-0.39, 0.29) is 23.5 Å². The molecule has 1 atom stereocenters. The van der Waals surface area contributed by atoms with Gasteiger partial charge in [-0.3, -0.25) is 0 Å². The Balaban J connectivity index is 2.49. The van der Waals surface area contributed by atoms with Crippen molar-refractivity contribution in [2.45, 2.75) is 71.3 Å². The molecule has 2 rings (SSSR count). The Morgan fingerprint density at radius 1 is 1.09 bits per heavy atom. The maximum atomic E-state index is 10.8. The Kier molecular flexibility index (Phi) is 4.76. The van der Waals surface area contributed by atoms with Crippen molar-refractivity contribution in [2.75, 3.05) is 6.61 Å². The van der Waals surface area contributed by atoms with Crippen molar-refractivity contribution in [3.63, 3.8) is 0 Å². The highest BCUT2D eigenvalue weighted by Gasteiger charge is 2.29. The van der Waals surface area contributed by atoms with Crippen LogP contribution in [0.5, 0.6) is 5.75 Å². The van der Waals surface area contributed by atoms with E-state index in [1.807, 2.05) is 12.1 Å². The number of oxime groups is 1. The van der Waals surface area contributed by atoms with Crippen LogP contribution in [0.3, 0.4) is 0 Å². The molecule has 1 heterocycles. The fraction of sp³-hybridized carbons (Fsp3) is 0.632. The third-order valence-corrected chi connectivity index (χ3v) is 4.24. The van der Waals surface area contributed by atoms with Crippen LogP contribution in [0.1, 0.15) is 71.1 Å². The molecular weight excluding hydrogens is 290 g/mol. The molecule has 1 aromatic carbocycles. The molecule has 1 aromatic rings. The predicted octanol–water partition coefficient (Wildman–Crippen LogP) is 3.86. The van der Waals surface area contributed by atoms with Gasteiger partial charge in [-0.1, -0.05) is 46.7 Å². The molecule has 0 saturated carbocycles. The van der Waals surface area contributed by atoms with Gasteiger partial charge in [-0.2, -0.15) is 0 Å². The zero-order valence-corrected chi connectivity index (χ0v) is 15.1. The number of hydrogen-bond donors (Lipinski definition) is 2. The van der Waals surface area contributed by atoms with Crippen LogP contribution in [0.2, 0.25) is 0 Å². The van der Waals surface area contributed by atoms with Crippen LogP contribution in [-0.2, 0) is 15.7 Å². The van der Waals surface area contributed by atoms with Crippen molar-refractivity contribution in [1.29, 1.82) is 0 Å². The quantitative estimate of drug-likeness (QED) is 0.889. The summed E-state index contributed by atoms with van der Waals surface area (Å²) in [7, 11) is 0. The van der Waals surface area contributed by atoms with Crippen LogP contribution < -0.4 is 0 Å². The third kappa shape index (κ3) is 3.86. The van der Waals surface area contributed by atoms with Crippen LogP contribution in [0.15, 0.2) is 17.3 Å². The number of rotatable bonds is 3. The third-order valence-electron chi connectivity index (χ3n) is 4.24. The van der Waals surface area contributed by atoms with Gasteiger partial charge in [0, 0.05) is 36.1 Å². The summed E-state index contributed by atoms with van der Waals surface area (Å²) < 4.78 is 0. The highest BCUT2D eigenvalue weighted by Crippen LogP contribution is 2.40. The van der Waals surface area contributed by atoms with Crippen LogP contribution >= 0.6 is 0 Å². The fourth-order valence-corrected chi connectivity index (χ4v) is 2.84. The van der Waals surface area contributed by atoms with E-state index in [2.05, 4.69) is 46.7 Å². The van der Waals surface area contributed by atoms with Gasteiger partial charge in [0.15, 0.2) is 0 Å². The SMILES string of the molecule is CC(C)(C)c1cc(C2=NOC(CCO)C2)cc(C(C)(C)C)c1O. The van der Waals surface area contributed by atoms with E-state index in [0.717, 1.165) is 22.4 Å². The van der Waals surface area contributed by atoms with Gasteiger partial charge in [0.2, 0.25) is 0 Å². The highest BCUT2D eigenvalue weighted by molar-refractivity contribution is 6.01. The number of aliphatic hydroxyl groups is 1. The lowest BCUT2D eigenvalue weighted by Gasteiger charge is -2.28. The first-order valence-electron chi connectivity index (χ1n) is 8.26. The van der Waals surface area contributed by atoms with E-state index in [4.69, 9.17) is 9.94 Å². The zero-order chi connectivity index (χ0) is 17.4. The summed E-state index contributed by atoms with van der Waals surface area (Å²) in [5.41, 5.74) is 3.41. The first-order valence-corrected chi connectivity index (χ1v) is 8.26. The second-order valence-corrected chi connectivity index (χ2v) is 8.40. The Morgan fingerprint density at radius 3 is 2.04 bits per heavy atom. The van der Waals surface area contributed by atoms with Crippen molar-refractivity contribution in [1.82, 2.24) is 0 Å². The molecule has 0 spiro atoms. The number of aromatic hydroxyl groups is 1. The molecule has 0 amide bonds. The summed E-state index contributed by atoms with van der Waals surface area (Å²) in [6.07, 6.45) is 1.22. The average molecular weight is 319 g/mol. The Morgan fingerprint density at radius 2 is 1.61 bits per heavy atom. The molecule has 23 heavy (non-hydrogen) atoms. The molecule has 4 heteroatoms. The monoisotopic (exact) mass is 319 g/mol. The summed E-state index contributed by atoms with van der Waals surface area (Å²) >= 11 is 0. The molecule has 1 aliphatic heterocycles. The molecule has 128 valence electrons. The van der Waals surface area contributed by atoms with Gasteiger partial charge in [-0.05, 0) is 23.0 Å². The van der Waals surface area contributed by atoms with E-state index in [1.165, 1.54) is 0 Å². The minimum atomic E-state index is -0.162. The van der Waals surface area contributed by atoms with Crippen LogP contribution in [0.25, 0.3) is 0 Å². The standard InChI is InChI=1S/C19H29NO3/c1-18(2,3)14-9-12(10-15(17(14)22)19(4,5)6)16-11-13(7-8-21)23-20-16/h9-10,13,21-22H,7-8,11H2,1-6H3. The largest absolute Gasteiger partial charge is 0.507 e. The van der Waals surface area contributed by atoms with Crippen LogP contribution in [-0.4, -0.2) is 28.6 Å². The van der Waals surface area contributed by atoms with Gasteiger partial charge < -0.3 is 15.1 Å². The number of nitrogens with zero attached hydrogens (tertiary/aromatic N) is 1. The summed E-state index contributed by atoms with van der Waals surface area (Å²) in [6, 6.07) is 4.04. The Bertz CT molecular complexity index is 571. The number of phenols is 1. The van der Waals surface area contributed by atoms with Gasteiger partial charge in [-0.15, -0.1) is 0 Å². The van der Waals surface area contributed by atoms with Crippen molar-refractivity contribution in [3.8, 4) is 5.75 Å². The van der Waals surface area contributed by atoms with E-state index in [0.29, 0.717) is 18.6 Å². The van der Waals surface area contributed by atoms with Crippen LogP contribution in [0, 0.1) is 0 Å². The van der Waals surface area contributed by atoms with Crippen molar-refractivity contribution in [2.24, 2.45) is 5.16 Å². The molecule has 0 radical (unpaired) electrons.